The number of aromatic nitrogens is 2. The van der Waals surface area contributed by atoms with Gasteiger partial charge in [-0.05, 0) is 48.4 Å². The molecule has 5 rings (SSSR count). The predicted octanol–water partition coefficient (Wildman–Crippen LogP) is 6.03. The van der Waals surface area contributed by atoms with E-state index in [4.69, 9.17) is 14.0 Å². The summed E-state index contributed by atoms with van der Waals surface area (Å²) in [5.74, 6) is 0.409. The van der Waals surface area contributed by atoms with E-state index < -0.39 is 10.3 Å². The Hall–Kier alpha value is -4.52. The van der Waals surface area contributed by atoms with Crippen LogP contribution in [-0.4, -0.2) is 28.8 Å². The zero-order valence-corrected chi connectivity index (χ0v) is 22.9. The average Bonchev–Trinajstić information content (AvgIpc) is 3.60. The Labute approximate surface area is 235 Å². The number of nitrogens with one attached hydrogen (secondary N) is 3. The summed E-state index contributed by atoms with van der Waals surface area (Å²) in [7, 11) is -4.36. The summed E-state index contributed by atoms with van der Waals surface area (Å²) < 4.78 is 39.3. The van der Waals surface area contributed by atoms with Gasteiger partial charge in [0.1, 0.15) is 5.01 Å². The van der Waals surface area contributed by atoms with Crippen molar-refractivity contribution in [2.75, 3.05) is 15.4 Å². The molecule has 0 spiro atoms. The van der Waals surface area contributed by atoms with Gasteiger partial charge in [0.15, 0.2) is 5.76 Å². The van der Waals surface area contributed by atoms with Crippen molar-refractivity contribution in [1.29, 1.82) is 0 Å². The molecule has 1 amide bonds. The lowest BCUT2D eigenvalue weighted by molar-refractivity contribution is -0.114. The number of nitrogens with zero attached hydrogens (tertiary/aromatic N) is 2. The van der Waals surface area contributed by atoms with Crippen LogP contribution in [0.15, 0.2) is 94.9 Å². The smallest absolute Gasteiger partial charge is 0.357 e. The lowest BCUT2D eigenvalue weighted by Crippen LogP contribution is -2.15. The highest BCUT2D eigenvalue weighted by Gasteiger charge is 2.20. The average molecular weight is 576 g/mol. The third-order valence-electron chi connectivity index (χ3n) is 5.83. The van der Waals surface area contributed by atoms with Crippen molar-refractivity contribution in [1.82, 2.24) is 9.97 Å². The Kier molecular flexibility index (Phi) is 7.91. The van der Waals surface area contributed by atoms with Gasteiger partial charge in [0.25, 0.3) is 6.01 Å². The molecule has 0 unspecified atom stereocenters. The number of benzene rings is 3. The van der Waals surface area contributed by atoms with Crippen LogP contribution >= 0.6 is 11.3 Å². The Bertz CT molecular complexity index is 1700. The number of hydrogen-bond donors (Lipinski definition) is 4. The van der Waals surface area contributed by atoms with Crippen LogP contribution in [0.3, 0.4) is 0 Å². The van der Waals surface area contributed by atoms with Gasteiger partial charge in [-0.25, -0.2) is 9.97 Å². The molecular weight excluding hydrogens is 550 g/mol. The quantitative estimate of drug-likeness (QED) is 0.148. The highest BCUT2D eigenvalue weighted by Crippen LogP contribution is 2.31. The highest BCUT2D eigenvalue weighted by molar-refractivity contribution is 7.87. The number of carbonyl (C=O) groups is 1. The van der Waals surface area contributed by atoms with E-state index in [9.17, 15) is 13.2 Å². The second kappa shape index (κ2) is 11.7. The van der Waals surface area contributed by atoms with E-state index in [2.05, 4.69) is 15.6 Å². The molecule has 3 aromatic carbocycles. The summed E-state index contributed by atoms with van der Waals surface area (Å²) in [6.07, 6.45) is 2.12. The Morgan fingerprint density at radius 3 is 2.35 bits per heavy atom. The number of carbonyl (C=O) groups excluding carboxylic acids is 1. The van der Waals surface area contributed by atoms with Crippen LogP contribution in [0, 0.1) is 0 Å². The van der Waals surface area contributed by atoms with Gasteiger partial charge < -0.3 is 15.1 Å². The van der Waals surface area contributed by atoms with Crippen molar-refractivity contribution in [3.05, 3.63) is 102 Å². The van der Waals surface area contributed by atoms with Crippen LogP contribution in [0.4, 0.5) is 17.4 Å². The van der Waals surface area contributed by atoms with Gasteiger partial charge in [-0.3, -0.25) is 14.1 Å². The van der Waals surface area contributed by atoms with E-state index in [1.54, 1.807) is 42.6 Å². The third-order valence-corrected chi connectivity index (χ3v) is 7.24. The van der Waals surface area contributed by atoms with E-state index in [1.165, 1.54) is 18.3 Å². The molecule has 0 fully saturated rings. The maximum atomic E-state index is 11.3. The van der Waals surface area contributed by atoms with Crippen LogP contribution in [0.25, 0.3) is 21.9 Å². The molecule has 0 aliphatic carbocycles. The normalized spacial score (nSPS) is 12.1. The molecule has 0 saturated carbocycles. The second-order valence-electron chi connectivity index (χ2n) is 8.91. The molecule has 0 bridgehead atoms. The minimum absolute atomic E-state index is 0.147. The van der Waals surface area contributed by atoms with Crippen LogP contribution < -0.4 is 15.4 Å². The van der Waals surface area contributed by atoms with E-state index in [-0.39, 0.29) is 17.6 Å². The molecular formula is C28H25N5O5S2. The van der Waals surface area contributed by atoms with Gasteiger partial charge in [-0.1, -0.05) is 42.5 Å². The molecule has 2 aromatic heterocycles. The summed E-state index contributed by atoms with van der Waals surface area (Å²) in [5, 5.41) is 8.94. The summed E-state index contributed by atoms with van der Waals surface area (Å²) in [5.41, 5.74) is 4.44. The van der Waals surface area contributed by atoms with Crippen LogP contribution in [-0.2, 0) is 21.5 Å². The number of amides is 1. The Balaban J connectivity index is 1.38. The molecule has 12 heteroatoms. The van der Waals surface area contributed by atoms with Crippen molar-refractivity contribution in [3.8, 4) is 21.9 Å². The molecule has 0 radical (unpaired) electrons. The molecule has 0 aliphatic heterocycles. The van der Waals surface area contributed by atoms with E-state index in [0.717, 1.165) is 27.4 Å². The predicted molar refractivity (Wildman–Crippen MR) is 155 cm³/mol. The molecule has 4 N–H and O–H groups in total. The number of hydrogen-bond acceptors (Lipinski definition) is 8. The molecule has 10 nitrogen and oxygen atoms in total. The van der Waals surface area contributed by atoms with Gasteiger partial charge in [-0.15, -0.1) is 11.3 Å². The van der Waals surface area contributed by atoms with Crippen molar-refractivity contribution in [3.63, 3.8) is 0 Å². The maximum absolute atomic E-state index is 11.3. The molecule has 40 heavy (non-hydrogen) atoms. The number of anilines is 3. The minimum Gasteiger partial charge on any atom is -0.424 e. The zero-order chi connectivity index (χ0) is 28.1. The molecule has 0 aliphatic rings. The fraction of sp³-hybridized carbons (Fsp3) is 0.107. The molecule has 0 saturated heterocycles. The summed E-state index contributed by atoms with van der Waals surface area (Å²) in [6.45, 7) is 1.45. The fourth-order valence-corrected chi connectivity index (χ4v) is 5.34. The van der Waals surface area contributed by atoms with Crippen LogP contribution in [0.5, 0.6) is 0 Å². The summed E-state index contributed by atoms with van der Waals surface area (Å²) >= 11 is 1.53. The highest BCUT2D eigenvalue weighted by atomic mass is 32.2. The largest absolute Gasteiger partial charge is 0.424 e. The molecule has 2 heterocycles. The first kappa shape index (κ1) is 27.1. The lowest BCUT2D eigenvalue weighted by Gasteiger charge is -2.16. The van der Waals surface area contributed by atoms with Gasteiger partial charge in [0.05, 0.1) is 23.6 Å². The molecule has 204 valence electrons. The maximum Gasteiger partial charge on any atom is 0.357 e. The first-order valence-corrected chi connectivity index (χ1v) is 14.5. The summed E-state index contributed by atoms with van der Waals surface area (Å²) in [6, 6.07) is 23.8. The van der Waals surface area contributed by atoms with Crippen molar-refractivity contribution in [2.45, 2.75) is 19.4 Å². The van der Waals surface area contributed by atoms with Crippen molar-refractivity contribution >= 4 is 44.9 Å². The number of rotatable bonds is 10. The number of thiazole rings is 1. The van der Waals surface area contributed by atoms with E-state index >= 15 is 0 Å². The molecule has 1 atom stereocenters. The summed E-state index contributed by atoms with van der Waals surface area (Å²) in [4.78, 5) is 20.6. The zero-order valence-electron chi connectivity index (χ0n) is 21.2. The minimum atomic E-state index is -4.36. The van der Waals surface area contributed by atoms with Gasteiger partial charge in [-0.2, -0.15) is 8.42 Å². The lowest BCUT2D eigenvalue weighted by atomic mass is 10.0. The fourth-order valence-electron chi connectivity index (χ4n) is 4.03. The first-order chi connectivity index (χ1) is 19.2. The Morgan fingerprint density at radius 2 is 1.68 bits per heavy atom. The van der Waals surface area contributed by atoms with Gasteiger partial charge >= 0.3 is 10.3 Å². The Morgan fingerprint density at radius 1 is 0.975 bits per heavy atom. The van der Waals surface area contributed by atoms with E-state index in [0.29, 0.717) is 23.9 Å². The van der Waals surface area contributed by atoms with Crippen molar-refractivity contribution in [2.24, 2.45) is 0 Å². The van der Waals surface area contributed by atoms with Crippen LogP contribution in [0.1, 0.15) is 24.2 Å². The monoisotopic (exact) mass is 575 g/mol. The van der Waals surface area contributed by atoms with Crippen molar-refractivity contribution < 1.29 is 22.2 Å². The van der Waals surface area contributed by atoms with Gasteiger partial charge in [0, 0.05) is 29.1 Å². The van der Waals surface area contributed by atoms with Crippen LogP contribution in [0.2, 0.25) is 0 Å². The SMILES string of the molecule is CC(=O)Nc1ccc(-c2cnc(N[C@@H](Cc3ccc(NS(=O)(=O)O)cc3)c3csc(-c4ccccc4)n3)o2)cc1. The van der Waals surface area contributed by atoms with E-state index in [1.807, 2.05) is 52.6 Å². The van der Waals surface area contributed by atoms with Gasteiger partial charge in [0.2, 0.25) is 5.91 Å². The topological polar surface area (TPSA) is 146 Å². The number of oxazole rings is 1. The first-order valence-electron chi connectivity index (χ1n) is 12.2. The molecule has 5 aromatic rings. The second-order valence-corrected chi connectivity index (χ2v) is 10.9. The standard InChI is InChI=1S/C28H25N5O5S2/c1-18(34)30-22-13-9-20(10-14-22)26-16-29-28(38-26)32-24(15-19-7-11-23(12-8-19)33-40(35,36)37)25-17-39-27(31-25)21-5-3-2-4-6-21/h2-14,16-17,24,33H,15H2,1H3,(H,29,32)(H,30,34)(H,35,36,37)/t24-/m0/s1. The third kappa shape index (κ3) is 7.11.